The van der Waals surface area contributed by atoms with E-state index in [2.05, 4.69) is 4.98 Å². The minimum absolute atomic E-state index is 0.237. The molecule has 0 amide bonds. The smallest absolute Gasteiger partial charge is 0.0937 e. The average molecular weight is 229 g/mol. The van der Waals surface area contributed by atoms with Crippen LogP contribution in [0.4, 0.5) is 0 Å². The van der Waals surface area contributed by atoms with Gasteiger partial charge in [-0.25, -0.2) is 0 Å². The van der Waals surface area contributed by atoms with E-state index in [4.69, 9.17) is 0 Å². The SMILES string of the molecule is CC(C)(C)C(C)(O)c1cccc2cccnc12. The van der Waals surface area contributed by atoms with Crippen molar-refractivity contribution in [1.82, 2.24) is 4.98 Å². The maximum Gasteiger partial charge on any atom is 0.0937 e. The largest absolute Gasteiger partial charge is 0.385 e. The molecule has 0 radical (unpaired) electrons. The van der Waals surface area contributed by atoms with Gasteiger partial charge in [0.2, 0.25) is 0 Å². The number of benzene rings is 1. The summed E-state index contributed by atoms with van der Waals surface area (Å²) in [6, 6.07) is 9.88. The highest BCUT2D eigenvalue weighted by Gasteiger charge is 2.38. The molecule has 90 valence electrons. The molecule has 0 bridgehead atoms. The maximum absolute atomic E-state index is 10.8. The number of fused-ring (bicyclic) bond motifs is 1. The van der Waals surface area contributed by atoms with Gasteiger partial charge in [0.25, 0.3) is 0 Å². The first-order chi connectivity index (χ1) is 7.84. The Labute approximate surface area is 102 Å². The van der Waals surface area contributed by atoms with Crippen LogP contribution in [-0.4, -0.2) is 10.1 Å². The molecule has 1 heterocycles. The lowest BCUT2D eigenvalue weighted by molar-refractivity contribution is -0.0458. The second kappa shape index (κ2) is 3.81. The number of nitrogens with zero attached hydrogens (tertiary/aromatic N) is 1. The Kier molecular flexibility index (Phi) is 2.70. The molecule has 0 aliphatic carbocycles. The first kappa shape index (κ1) is 12.1. The Morgan fingerprint density at radius 2 is 1.65 bits per heavy atom. The molecule has 0 aliphatic rings. The molecule has 2 aromatic rings. The van der Waals surface area contributed by atoms with Crippen molar-refractivity contribution in [2.45, 2.75) is 33.3 Å². The zero-order valence-electron chi connectivity index (χ0n) is 10.9. The molecule has 1 N–H and O–H groups in total. The number of para-hydroxylation sites is 1. The fourth-order valence-electron chi connectivity index (χ4n) is 1.90. The third-order valence-corrected chi connectivity index (χ3v) is 3.62. The van der Waals surface area contributed by atoms with Crippen LogP contribution < -0.4 is 0 Å². The van der Waals surface area contributed by atoms with Crippen molar-refractivity contribution in [1.29, 1.82) is 0 Å². The molecule has 1 aromatic carbocycles. The van der Waals surface area contributed by atoms with Gasteiger partial charge in [0, 0.05) is 17.1 Å². The molecule has 2 rings (SSSR count). The molecule has 0 aliphatic heterocycles. The zero-order valence-corrected chi connectivity index (χ0v) is 10.9. The third kappa shape index (κ3) is 1.93. The lowest BCUT2D eigenvalue weighted by Gasteiger charge is -2.38. The topological polar surface area (TPSA) is 33.1 Å². The van der Waals surface area contributed by atoms with E-state index in [1.165, 1.54) is 0 Å². The fourth-order valence-corrected chi connectivity index (χ4v) is 1.90. The number of aromatic nitrogens is 1. The van der Waals surface area contributed by atoms with Gasteiger partial charge < -0.3 is 5.11 Å². The lowest BCUT2D eigenvalue weighted by Crippen LogP contribution is -2.37. The Hall–Kier alpha value is -1.41. The summed E-state index contributed by atoms with van der Waals surface area (Å²) >= 11 is 0. The van der Waals surface area contributed by atoms with Crippen molar-refractivity contribution in [2.75, 3.05) is 0 Å². The van der Waals surface area contributed by atoms with Gasteiger partial charge in [-0.15, -0.1) is 0 Å². The average Bonchev–Trinajstić information content (AvgIpc) is 2.26. The summed E-state index contributed by atoms with van der Waals surface area (Å²) < 4.78 is 0. The molecule has 1 unspecified atom stereocenters. The van der Waals surface area contributed by atoms with Crippen LogP contribution in [0.5, 0.6) is 0 Å². The van der Waals surface area contributed by atoms with Gasteiger partial charge in [-0.2, -0.15) is 0 Å². The highest BCUT2D eigenvalue weighted by molar-refractivity contribution is 5.82. The van der Waals surface area contributed by atoms with Crippen molar-refractivity contribution >= 4 is 10.9 Å². The molecular formula is C15H19NO. The first-order valence-corrected chi connectivity index (χ1v) is 5.90. The van der Waals surface area contributed by atoms with E-state index in [9.17, 15) is 5.11 Å². The van der Waals surface area contributed by atoms with Crippen LogP contribution in [0.15, 0.2) is 36.5 Å². The van der Waals surface area contributed by atoms with Crippen LogP contribution >= 0.6 is 0 Å². The van der Waals surface area contributed by atoms with Crippen LogP contribution in [0.2, 0.25) is 0 Å². The number of hydrogen-bond acceptors (Lipinski definition) is 2. The van der Waals surface area contributed by atoms with E-state index >= 15 is 0 Å². The van der Waals surface area contributed by atoms with Gasteiger partial charge in [-0.1, -0.05) is 45.0 Å². The zero-order chi connectivity index (χ0) is 12.7. The van der Waals surface area contributed by atoms with Gasteiger partial charge in [0.1, 0.15) is 0 Å². The molecule has 2 heteroatoms. The quantitative estimate of drug-likeness (QED) is 0.812. The Bertz CT molecular complexity index is 533. The highest BCUT2D eigenvalue weighted by Crippen LogP contribution is 2.40. The number of rotatable bonds is 1. The van der Waals surface area contributed by atoms with Gasteiger partial charge in [0.05, 0.1) is 11.1 Å². The minimum Gasteiger partial charge on any atom is -0.385 e. The number of aliphatic hydroxyl groups is 1. The summed E-state index contributed by atoms with van der Waals surface area (Å²) in [4.78, 5) is 4.40. The monoisotopic (exact) mass is 229 g/mol. The van der Waals surface area contributed by atoms with E-state index in [0.29, 0.717) is 0 Å². The molecule has 17 heavy (non-hydrogen) atoms. The van der Waals surface area contributed by atoms with Crippen LogP contribution in [0.25, 0.3) is 10.9 Å². The predicted octanol–water partition coefficient (Wildman–Crippen LogP) is 3.49. The van der Waals surface area contributed by atoms with Crippen LogP contribution in [0.1, 0.15) is 33.3 Å². The predicted molar refractivity (Wildman–Crippen MR) is 70.8 cm³/mol. The van der Waals surface area contributed by atoms with E-state index < -0.39 is 5.60 Å². The summed E-state index contributed by atoms with van der Waals surface area (Å²) in [6.45, 7) is 7.97. The van der Waals surface area contributed by atoms with Gasteiger partial charge in [-0.05, 0) is 18.4 Å². The van der Waals surface area contributed by atoms with Crippen LogP contribution in [0.3, 0.4) is 0 Å². The summed E-state index contributed by atoms with van der Waals surface area (Å²) in [5, 5.41) is 11.8. The number of pyridine rings is 1. The van der Waals surface area contributed by atoms with E-state index in [1.807, 2.05) is 58.0 Å². The van der Waals surface area contributed by atoms with Crippen molar-refractivity contribution in [3.05, 3.63) is 42.1 Å². The Morgan fingerprint density at radius 1 is 1.00 bits per heavy atom. The summed E-state index contributed by atoms with van der Waals surface area (Å²) in [7, 11) is 0. The van der Waals surface area contributed by atoms with Gasteiger partial charge >= 0.3 is 0 Å². The molecule has 0 saturated carbocycles. The molecule has 0 spiro atoms. The molecule has 1 aromatic heterocycles. The van der Waals surface area contributed by atoms with E-state index in [-0.39, 0.29) is 5.41 Å². The van der Waals surface area contributed by atoms with E-state index in [0.717, 1.165) is 16.5 Å². The Balaban J connectivity index is 2.72. The number of hydrogen-bond donors (Lipinski definition) is 1. The van der Waals surface area contributed by atoms with Crippen molar-refractivity contribution in [2.24, 2.45) is 5.41 Å². The summed E-state index contributed by atoms with van der Waals surface area (Å²) in [6.07, 6.45) is 1.77. The second-order valence-electron chi connectivity index (χ2n) is 5.70. The van der Waals surface area contributed by atoms with Gasteiger partial charge in [-0.3, -0.25) is 4.98 Å². The van der Waals surface area contributed by atoms with Crippen molar-refractivity contribution in [3.63, 3.8) is 0 Å². The van der Waals surface area contributed by atoms with Crippen molar-refractivity contribution < 1.29 is 5.11 Å². The lowest BCUT2D eigenvalue weighted by atomic mass is 9.73. The van der Waals surface area contributed by atoms with E-state index in [1.54, 1.807) is 6.20 Å². The normalized spacial score (nSPS) is 15.8. The second-order valence-corrected chi connectivity index (χ2v) is 5.70. The molecule has 2 nitrogen and oxygen atoms in total. The standard InChI is InChI=1S/C15H19NO/c1-14(2,3)15(4,17)12-9-5-7-11-8-6-10-16-13(11)12/h5-10,17H,1-4H3. The van der Waals surface area contributed by atoms with Crippen molar-refractivity contribution in [3.8, 4) is 0 Å². The molecular weight excluding hydrogens is 210 g/mol. The van der Waals surface area contributed by atoms with Crippen LogP contribution in [0, 0.1) is 5.41 Å². The molecule has 1 atom stereocenters. The van der Waals surface area contributed by atoms with Gasteiger partial charge in [0.15, 0.2) is 0 Å². The summed E-state index contributed by atoms with van der Waals surface area (Å²) in [5.74, 6) is 0. The first-order valence-electron chi connectivity index (χ1n) is 5.90. The Morgan fingerprint density at radius 3 is 2.29 bits per heavy atom. The maximum atomic E-state index is 10.8. The molecule has 0 saturated heterocycles. The third-order valence-electron chi connectivity index (χ3n) is 3.62. The minimum atomic E-state index is -0.902. The molecule has 0 fully saturated rings. The highest BCUT2D eigenvalue weighted by atomic mass is 16.3. The van der Waals surface area contributed by atoms with Crippen LogP contribution in [-0.2, 0) is 5.60 Å². The summed E-state index contributed by atoms with van der Waals surface area (Å²) in [5.41, 5.74) is 0.637. The fraction of sp³-hybridized carbons (Fsp3) is 0.400.